The zero-order valence-electron chi connectivity index (χ0n) is 14.8. The first-order valence-electron chi connectivity index (χ1n) is 8.56. The Balaban J connectivity index is 1.97. The molecule has 0 fully saturated rings. The van der Waals surface area contributed by atoms with Gasteiger partial charge in [-0.25, -0.2) is 9.50 Å². The first kappa shape index (κ1) is 18.1. The van der Waals surface area contributed by atoms with Crippen molar-refractivity contribution in [1.82, 2.24) is 14.6 Å². The Morgan fingerprint density at radius 2 is 1.86 bits per heavy atom. The maximum atomic E-state index is 13.7. The van der Waals surface area contributed by atoms with Crippen LogP contribution in [0.1, 0.15) is 12.6 Å². The van der Waals surface area contributed by atoms with Crippen LogP contribution >= 0.6 is 11.6 Å². The number of rotatable bonds is 4. The van der Waals surface area contributed by atoms with Gasteiger partial charge in [-0.05, 0) is 42.3 Å². The minimum Gasteiger partial charge on any atom is -0.258 e. The Morgan fingerprint density at radius 1 is 1.14 bits per heavy atom. The smallest absolute Gasteiger partial charge is 0.258 e. The van der Waals surface area contributed by atoms with E-state index in [-0.39, 0.29) is 0 Å². The summed E-state index contributed by atoms with van der Waals surface area (Å²) in [6.45, 7) is 1.99. The van der Waals surface area contributed by atoms with Crippen LogP contribution in [0.3, 0.4) is 0 Å². The van der Waals surface area contributed by atoms with E-state index >= 15 is 0 Å². The molecule has 0 radical (unpaired) electrons. The number of aromatic nitrogens is 3. The molecule has 2 aromatic heterocycles. The quantitative estimate of drug-likeness (QED) is 0.345. The summed E-state index contributed by atoms with van der Waals surface area (Å²) in [6, 6.07) is 12.9. The molecule has 0 saturated heterocycles. The molecule has 6 nitrogen and oxygen atoms in total. The van der Waals surface area contributed by atoms with Crippen molar-refractivity contribution in [2.75, 3.05) is 0 Å². The highest BCUT2D eigenvalue weighted by Crippen LogP contribution is 2.32. The Morgan fingerprint density at radius 3 is 2.54 bits per heavy atom. The van der Waals surface area contributed by atoms with Crippen LogP contribution in [0.25, 0.3) is 28.0 Å². The number of benzene rings is 2. The summed E-state index contributed by atoms with van der Waals surface area (Å²) in [5.74, 6) is -0.879. The molecule has 4 rings (SSSR count). The molecule has 0 saturated carbocycles. The van der Waals surface area contributed by atoms with Crippen LogP contribution in [0.2, 0.25) is 5.02 Å². The summed E-state index contributed by atoms with van der Waals surface area (Å²) in [5, 5.41) is 16.4. The lowest BCUT2D eigenvalue weighted by molar-refractivity contribution is -0.387. The summed E-state index contributed by atoms with van der Waals surface area (Å²) in [4.78, 5) is 14.8. The Hall–Kier alpha value is -3.32. The van der Waals surface area contributed by atoms with Gasteiger partial charge in [-0.1, -0.05) is 30.7 Å². The number of fused-ring (bicyclic) bond motifs is 1. The highest BCUT2D eigenvalue weighted by molar-refractivity contribution is 6.30. The maximum absolute atomic E-state index is 13.7. The lowest BCUT2D eigenvalue weighted by atomic mass is 10.0. The molecule has 28 heavy (non-hydrogen) atoms. The van der Waals surface area contributed by atoms with E-state index in [1.807, 2.05) is 19.1 Å². The van der Waals surface area contributed by atoms with E-state index in [1.165, 1.54) is 12.1 Å². The van der Waals surface area contributed by atoms with Gasteiger partial charge in [0.05, 0.1) is 16.3 Å². The van der Waals surface area contributed by atoms with E-state index < -0.39 is 16.4 Å². The Kier molecular flexibility index (Phi) is 4.52. The molecular formula is C20H14ClFN4O2. The van der Waals surface area contributed by atoms with E-state index in [9.17, 15) is 14.5 Å². The van der Waals surface area contributed by atoms with Crippen molar-refractivity contribution in [3.05, 3.63) is 81.4 Å². The van der Waals surface area contributed by atoms with Crippen LogP contribution in [0.5, 0.6) is 0 Å². The molecular weight excluding hydrogens is 383 g/mol. The number of nitro benzene ring substituents is 1. The molecule has 2 aromatic carbocycles. The molecule has 140 valence electrons. The van der Waals surface area contributed by atoms with Crippen LogP contribution in [-0.2, 0) is 6.42 Å². The summed E-state index contributed by atoms with van der Waals surface area (Å²) in [6.07, 6.45) is 2.28. The van der Waals surface area contributed by atoms with Gasteiger partial charge < -0.3 is 0 Å². The SMILES string of the molecule is CCc1nn2c(-c3ccc(F)c([N+](=O)[O-])c3)ccnc2c1-c1ccc(Cl)cc1. The number of hydrogen-bond donors (Lipinski definition) is 0. The van der Waals surface area contributed by atoms with Crippen molar-refractivity contribution in [2.45, 2.75) is 13.3 Å². The fourth-order valence-electron chi connectivity index (χ4n) is 3.18. The molecule has 0 atom stereocenters. The predicted molar refractivity (Wildman–Crippen MR) is 105 cm³/mol. The fraction of sp³-hybridized carbons (Fsp3) is 0.100. The first-order chi connectivity index (χ1) is 13.5. The summed E-state index contributed by atoms with van der Waals surface area (Å²) >= 11 is 6.00. The van der Waals surface area contributed by atoms with Crippen molar-refractivity contribution in [3.63, 3.8) is 0 Å². The average molecular weight is 397 g/mol. The summed E-state index contributed by atoms with van der Waals surface area (Å²) in [7, 11) is 0. The summed E-state index contributed by atoms with van der Waals surface area (Å²) in [5.41, 5.74) is 3.73. The van der Waals surface area contributed by atoms with Crippen molar-refractivity contribution >= 4 is 22.9 Å². The molecule has 2 heterocycles. The van der Waals surface area contributed by atoms with E-state index in [0.717, 1.165) is 22.9 Å². The molecule has 0 N–H and O–H groups in total. The van der Waals surface area contributed by atoms with Crippen molar-refractivity contribution < 1.29 is 9.31 Å². The molecule has 0 aliphatic carbocycles. The largest absolute Gasteiger partial charge is 0.305 e. The van der Waals surface area contributed by atoms with E-state index in [0.29, 0.717) is 28.3 Å². The van der Waals surface area contributed by atoms with Crippen LogP contribution in [0, 0.1) is 15.9 Å². The molecule has 0 unspecified atom stereocenters. The monoisotopic (exact) mass is 396 g/mol. The number of aryl methyl sites for hydroxylation is 1. The van der Waals surface area contributed by atoms with Crippen LogP contribution in [0.15, 0.2) is 54.7 Å². The average Bonchev–Trinajstić information content (AvgIpc) is 3.07. The third-order valence-corrected chi connectivity index (χ3v) is 4.75. The first-order valence-corrected chi connectivity index (χ1v) is 8.94. The summed E-state index contributed by atoms with van der Waals surface area (Å²) < 4.78 is 15.4. The lowest BCUT2D eigenvalue weighted by Gasteiger charge is -2.06. The number of halogens is 2. The van der Waals surface area contributed by atoms with Gasteiger partial charge in [0.25, 0.3) is 0 Å². The van der Waals surface area contributed by atoms with Gasteiger partial charge in [-0.2, -0.15) is 9.49 Å². The Labute approximate surface area is 164 Å². The van der Waals surface area contributed by atoms with Crippen molar-refractivity contribution in [2.24, 2.45) is 0 Å². The van der Waals surface area contributed by atoms with Crippen LogP contribution in [0.4, 0.5) is 10.1 Å². The molecule has 0 aliphatic heterocycles. The van der Waals surface area contributed by atoms with E-state index in [1.54, 1.807) is 28.9 Å². The fourth-order valence-corrected chi connectivity index (χ4v) is 3.31. The van der Waals surface area contributed by atoms with E-state index in [4.69, 9.17) is 11.6 Å². The van der Waals surface area contributed by atoms with Gasteiger partial charge in [-0.15, -0.1) is 0 Å². The van der Waals surface area contributed by atoms with Gasteiger partial charge in [-0.3, -0.25) is 10.1 Å². The van der Waals surface area contributed by atoms with Crippen molar-refractivity contribution in [1.29, 1.82) is 0 Å². The van der Waals surface area contributed by atoms with Gasteiger partial charge in [0.2, 0.25) is 5.82 Å². The zero-order chi connectivity index (χ0) is 19.8. The number of nitrogens with zero attached hydrogens (tertiary/aromatic N) is 4. The molecule has 4 aromatic rings. The molecule has 0 bridgehead atoms. The minimum absolute atomic E-state index is 0.480. The second-order valence-electron chi connectivity index (χ2n) is 6.17. The van der Waals surface area contributed by atoms with Gasteiger partial charge >= 0.3 is 5.69 Å². The van der Waals surface area contributed by atoms with Crippen molar-refractivity contribution in [3.8, 4) is 22.4 Å². The molecule has 0 amide bonds. The lowest BCUT2D eigenvalue weighted by Crippen LogP contribution is -1.98. The normalized spacial score (nSPS) is 11.1. The van der Waals surface area contributed by atoms with Crippen LogP contribution in [-0.4, -0.2) is 19.5 Å². The van der Waals surface area contributed by atoms with E-state index in [2.05, 4.69) is 10.1 Å². The standard InChI is InChI=1S/C20H14ClFN4O2/c1-2-16-19(12-3-6-14(21)7-4-12)20-23-10-9-17(25(20)24-16)13-5-8-15(22)18(11-13)26(27)28/h3-11H,2H2,1H3. The Bertz CT molecular complexity index is 1210. The molecule has 0 spiro atoms. The zero-order valence-corrected chi connectivity index (χ0v) is 15.5. The minimum atomic E-state index is -0.879. The predicted octanol–water partition coefficient (Wildman–Crippen LogP) is 5.33. The topological polar surface area (TPSA) is 73.3 Å². The number of hydrogen-bond acceptors (Lipinski definition) is 4. The van der Waals surface area contributed by atoms with Gasteiger partial charge in [0.1, 0.15) is 0 Å². The van der Waals surface area contributed by atoms with Crippen LogP contribution < -0.4 is 0 Å². The highest BCUT2D eigenvalue weighted by atomic mass is 35.5. The number of nitro groups is 1. The highest BCUT2D eigenvalue weighted by Gasteiger charge is 2.20. The second-order valence-corrected chi connectivity index (χ2v) is 6.61. The molecule has 0 aliphatic rings. The van der Waals surface area contributed by atoms with Gasteiger partial charge in [0, 0.05) is 28.4 Å². The third kappa shape index (κ3) is 2.99. The maximum Gasteiger partial charge on any atom is 0.305 e. The third-order valence-electron chi connectivity index (χ3n) is 4.50. The molecule has 8 heteroatoms. The van der Waals surface area contributed by atoms with Gasteiger partial charge in [0.15, 0.2) is 5.65 Å². The second kappa shape index (κ2) is 7.01.